The molecule has 0 saturated carbocycles. The standard InChI is InChI=1S/C10H16BrF3O2/c1-3-5-7(11)8(6-4-2)16-9(15)10(12,13)14/h7-8H,3-6H2,1-2H3/t7-,8+/m0/s1. The number of alkyl halides is 4. The largest absolute Gasteiger partial charge is 0.490 e. The highest BCUT2D eigenvalue weighted by atomic mass is 79.9. The number of rotatable bonds is 6. The summed E-state index contributed by atoms with van der Waals surface area (Å²) >= 11 is 3.26. The van der Waals surface area contributed by atoms with Crippen molar-refractivity contribution in [1.29, 1.82) is 0 Å². The average Bonchev–Trinajstić information content (AvgIpc) is 2.15. The fourth-order valence-corrected chi connectivity index (χ4v) is 2.09. The van der Waals surface area contributed by atoms with Gasteiger partial charge in [-0.25, -0.2) is 4.79 Å². The fourth-order valence-electron chi connectivity index (χ4n) is 1.26. The molecule has 0 spiro atoms. The van der Waals surface area contributed by atoms with Crippen LogP contribution in [-0.2, 0) is 9.53 Å². The van der Waals surface area contributed by atoms with Crippen LogP contribution in [0, 0.1) is 0 Å². The molecule has 0 aliphatic heterocycles. The van der Waals surface area contributed by atoms with Crippen molar-refractivity contribution < 1.29 is 22.7 Å². The smallest absolute Gasteiger partial charge is 0.455 e. The molecule has 0 amide bonds. The number of ether oxygens (including phenoxy) is 1. The summed E-state index contributed by atoms with van der Waals surface area (Å²) in [7, 11) is 0. The highest BCUT2D eigenvalue weighted by molar-refractivity contribution is 9.09. The normalized spacial score (nSPS) is 15.6. The number of esters is 1. The van der Waals surface area contributed by atoms with Gasteiger partial charge in [0, 0.05) is 0 Å². The van der Waals surface area contributed by atoms with E-state index in [4.69, 9.17) is 0 Å². The molecular formula is C10H16BrF3O2. The first-order valence-corrected chi connectivity index (χ1v) is 6.16. The fraction of sp³-hybridized carbons (Fsp3) is 0.900. The van der Waals surface area contributed by atoms with Gasteiger partial charge >= 0.3 is 12.1 Å². The Morgan fingerprint density at radius 2 is 1.75 bits per heavy atom. The minimum absolute atomic E-state index is 0.219. The Morgan fingerprint density at radius 3 is 2.12 bits per heavy atom. The van der Waals surface area contributed by atoms with Gasteiger partial charge in [0.05, 0.1) is 4.83 Å². The zero-order valence-electron chi connectivity index (χ0n) is 9.31. The van der Waals surface area contributed by atoms with Crippen LogP contribution in [0.4, 0.5) is 13.2 Å². The molecule has 0 radical (unpaired) electrons. The van der Waals surface area contributed by atoms with Crippen molar-refractivity contribution in [2.45, 2.75) is 56.6 Å². The van der Waals surface area contributed by atoms with E-state index in [1.54, 1.807) is 0 Å². The lowest BCUT2D eigenvalue weighted by Crippen LogP contribution is -2.34. The molecule has 16 heavy (non-hydrogen) atoms. The first-order chi connectivity index (χ1) is 7.32. The van der Waals surface area contributed by atoms with Crippen molar-refractivity contribution in [3.05, 3.63) is 0 Å². The molecule has 0 fully saturated rings. The van der Waals surface area contributed by atoms with Gasteiger partial charge in [0.2, 0.25) is 0 Å². The summed E-state index contributed by atoms with van der Waals surface area (Å²) in [4.78, 5) is 10.5. The summed E-state index contributed by atoms with van der Waals surface area (Å²) in [6, 6.07) is 0. The van der Waals surface area contributed by atoms with Gasteiger partial charge in [-0.15, -0.1) is 0 Å². The van der Waals surface area contributed by atoms with Crippen LogP contribution in [0.25, 0.3) is 0 Å². The van der Waals surface area contributed by atoms with Crippen LogP contribution in [0.15, 0.2) is 0 Å². The lowest BCUT2D eigenvalue weighted by Gasteiger charge is -2.22. The molecule has 0 aromatic heterocycles. The van der Waals surface area contributed by atoms with Gasteiger partial charge in [-0.3, -0.25) is 0 Å². The number of carbonyl (C=O) groups excluding carboxylic acids is 1. The van der Waals surface area contributed by atoms with E-state index in [2.05, 4.69) is 20.7 Å². The van der Waals surface area contributed by atoms with E-state index in [-0.39, 0.29) is 4.83 Å². The Morgan fingerprint density at radius 1 is 1.25 bits per heavy atom. The predicted molar refractivity (Wildman–Crippen MR) is 58.5 cm³/mol. The highest BCUT2D eigenvalue weighted by Gasteiger charge is 2.42. The van der Waals surface area contributed by atoms with Crippen LogP contribution in [-0.4, -0.2) is 23.1 Å². The molecule has 0 N–H and O–H groups in total. The Balaban J connectivity index is 4.38. The van der Waals surface area contributed by atoms with Crippen molar-refractivity contribution >= 4 is 21.9 Å². The van der Waals surface area contributed by atoms with E-state index < -0.39 is 18.2 Å². The quantitative estimate of drug-likeness (QED) is 0.551. The van der Waals surface area contributed by atoms with E-state index in [0.29, 0.717) is 19.3 Å². The third-order valence-electron chi connectivity index (χ3n) is 2.03. The first-order valence-electron chi connectivity index (χ1n) is 5.24. The Kier molecular flexibility index (Phi) is 7.03. The molecule has 0 saturated heterocycles. The highest BCUT2D eigenvalue weighted by Crippen LogP contribution is 2.24. The van der Waals surface area contributed by atoms with Gasteiger partial charge in [-0.1, -0.05) is 42.6 Å². The summed E-state index contributed by atoms with van der Waals surface area (Å²) in [5, 5.41) is 0. The minimum Gasteiger partial charge on any atom is -0.455 e. The molecule has 2 nitrogen and oxygen atoms in total. The van der Waals surface area contributed by atoms with Gasteiger partial charge in [-0.2, -0.15) is 13.2 Å². The monoisotopic (exact) mass is 304 g/mol. The minimum atomic E-state index is -4.91. The van der Waals surface area contributed by atoms with Crippen molar-refractivity contribution in [3.8, 4) is 0 Å². The summed E-state index contributed by atoms with van der Waals surface area (Å²) in [6.07, 6.45) is -3.03. The molecule has 0 bridgehead atoms. The summed E-state index contributed by atoms with van der Waals surface area (Å²) in [5.74, 6) is -2.11. The number of carbonyl (C=O) groups is 1. The average molecular weight is 305 g/mol. The van der Waals surface area contributed by atoms with Crippen LogP contribution in [0.2, 0.25) is 0 Å². The number of halogens is 4. The van der Waals surface area contributed by atoms with E-state index in [9.17, 15) is 18.0 Å². The Labute approximate surface area is 102 Å². The van der Waals surface area contributed by atoms with Crippen LogP contribution in [0.5, 0.6) is 0 Å². The number of hydrogen-bond donors (Lipinski definition) is 0. The van der Waals surface area contributed by atoms with Crippen LogP contribution >= 0.6 is 15.9 Å². The van der Waals surface area contributed by atoms with Gasteiger partial charge in [0.15, 0.2) is 0 Å². The van der Waals surface area contributed by atoms with E-state index in [1.807, 2.05) is 13.8 Å². The molecule has 0 heterocycles. The van der Waals surface area contributed by atoms with Crippen LogP contribution in [0.1, 0.15) is 39.5 Å². The Hall–Kier alpha value is -0.260. The van der Waals surface area contributed by atoms with Gasteiger partial charge in [-0.05, 0) is 12.8 Å². The van der Waals surface area contributed by atoms with E-state index in [1.165, 1.54) is 0 Å². The van der Waals surface area contributed by atoms with Crippen molar-refractivity contribution in [2.75, 3.05) is 0 Å². The second-order valence-corrected chi connectivity index (χ2v) is 4.71. The zero-order chi connectivity index (χ0) is 12.8. The molecule has 0 unspecified atom stereocenters. The van der Waals surface area contributed by atoms with E-state index in [0.717, 1.165) is 6.42 Å². The van der Waals surface area contributed by atoms with Crippen LogP contribution < -0.4 is 0 Å². The summed E-state index contributed by atoms with van der Waals surface area (Å²) < 4.78 is 40.5. The van der Waals surface area contributed by atoms with Gasteiger partial charge in [0.25, 0.3) is 0 Å². The SMILES string of the molecule is CCC[C@H](Br)[C@@H](CCC)OC(=O)C(F)(F)F. The maximum absolute atomic E-state index is 12.0. The molecule has 2 atom stereocenters. The topological polar surface area (TPSA) is 26.3 Å². The second kappa shape index (κ2) is 7.14. The molecule has 6 heteroatoms. The van der Waals surface area contributed by atoms with Gasteiger partial charge < -0.3 is 4.74 Å². The maximum Gasteiger partial charge on any atom is 0.490 e. The summed E-state index contributed by atoms with van der Waals surface area (Å²) in [6.45, 7) is 3.75. The molecule has 0 aromatic rings. The molecule has 0 aliphatic carbocycles. The molecule has 0 aliphatic rings. The third kappa shape index (κ3) is 5.72. The van der Waals surface area contributed by atoms with Crippen LogP contribution in [0.3, 0.4) is 0 Å². The van der Waals surface area contributed by atoms with Crippen molar-refractivity contribution in [2.24, 2.45) is 0 Å². The lowest BCUT2D eigenvalue weighted by atomic mass is 10.1. The Bertz CT molecular complexity index is 219. The summed E-state index contributed by atoms with van der Waals surface area (Å²) in [5.41, 5.74) is 0. The second-order valence-electron chi connectivity index (χ2n) is 3.53. The van der Waals surface area contributed by atoms with Crippen molar-refractivity contribution in [3.63, 3.8) is 0 Å². The molecule has 0 rings (SSSR count). The van der Waals surface area contributed by atoms with Gasteiger partial charge in [0.1, 0.15) is 6.10 Å². The maximum atomic E-state index is 12.0. The number of hydrogen-bond acceptors (Lipinski definition) is 2. The van der Waals surface area contributed by atoms with Crippen molar-refractivity contribution in [1.82, 2.24) is 0 Å². The van der Waals surface area contributed by atoms with E-state index >= 15 is 0 Å². The molecule has 96 valence electrons. The third-order valence-corrected chi connectivity index (χ3v) is 3.08. The molecular weight excluding hydrogens is 289 g/mol. The first kappa shape index (κ1) is 15.7. The lowest BCUT2D eigenvalue weighted by molar-refractivity contribution is -0.205. The zero-order valence-corrected chi connectivity index (χ0v) is 10.9. The molecule has 0 aromatic carbocycles. The predicted octanol–water partition coefficient (Wildman–Crippen LogP) is 3.82.